The molecule has 4 nitrogen and oxygen atoms in total. The summed E-state index contributed by atoms with van der Waals surface area (Å²) in [5.41, 5.74) is 0.818. The molecule has 0 bridgehead atoms. The summed E-state index contributed by atoms with van der Waals surface area (Å²) in [6.45, 7) is 12.0. The maximum Gasteiger partial charge on any atom is 0.213 e. The zero-order valence-electron chi connectivity index (χ0n) is 13.5. The maximum atomic E-state index is 6.15. The Kier molecular flexibility index (Phi) is 8.66. The lowest BCUT2D eigenvalue weighted by Gasteiger charge is -2.11. The summed E-state index contributed by atoms with van der Waals surface area (Å²) in [7, 11) is 0. The van der Waals surface area contributed by atoms with E-state index in [4.69, 9.17) is 21.1 Å². The molecule has 1 rings (SSSR count). The van der Waals surface area contributed by atoms with Crippen molar-refractivity contribution in [1.29, 1.82) is 0 Å². The molecule has 21 heavy (non-hydrogen) atoms. The van der Waals surface area contributed by atoms with Gasteiger partial charge in [-0.25, -0.2) is 4.98 Å². The molecule has 1 heterocycles. The fourth-order valence-electron chi connectivity index (χ4n) is 1.67. The Morgan fingerprint density at radius 3 is 2.57 bits per heavy atom. The molecule has 120 valence electrons. The van der Waals surface area contributed by atoms with Gasteiger partial charge >= 0.3 is 0 Å². The SMILES string of the molecule is CC(C)CNCc1nc(OCCOCC(C)C)ccc1Cl. The Hall–Kier alpha value is -0.840. The molecule has 0 saturated carbocycles. The lowest BCUT2D eigenvalue weighted by molar-refractivity contribution is 0.0805. The Morgan fingerprint density at radius 2 is 1.90 bits per heavy atom. The lowest BCUT2D eigenvalue weighted by Crippen LogP contribution is -2.20. The highest BCUT2D eigenvalue weighted by molar-refractivity contribution is 6.31. The van der Waals surface area contributed by atoms with Crippen LogP contribution in [0.5, 0.6) is 5.88 Å². The van der Waals surface area contributed by atoms with Crippen LogP contribution in [0.4, 0.5) is 0 Å². The molecule has 0 aromatic carbocycles. The van der Waals surface area contributed by atoms with Gasteiger partial charge in [0.2, 0.25) is 5.88 Å². The first-order chi connectivity index (χ1) is 9.99. The van der Waals surface area contributed by atoms with E-state index in [2.05, 4.69) is 38.0 Å². The number of aromatic nitrogens is 1. The fraction of sp³-hybridized carbons (Fsp3) is 0.688. The number of pyridine rings is 1. The van der Waals surface area contributed by atoms with E-state index < -0.39 is 0 Å². The summed E-state index contributed by atoms with van der Waals surface area (Å²) >= 11 is 6.15. The summed E-state index contributed by atoms with van der Waals surface area (Å²) in [5, 5.41) is 3.99. The molecule has 1 N–H and O–H groups in total. The van der Waals surface area contributed by atoms with Crippen LogP contribution in [0.2, 0.25) is 5.02 Å². The lowest BCUT2D eigenvalue weighted by atomic mass is 10.2. The molecule has 0 atom stereocenters. The topological polar surface area (TPSA) is 43.4 Å². The van der Waals surface area contributed by atoms with Crippen molar-refractivity contribution in [2.75, 3.05) is 26.4 Å². The summed E-state index contributed by atoms with van der Waals surface area (Å²) < 4.78 is 11.1. The van der Waals surface area contributed by atoms with E-state index >= 15 is 0 Å². The van der Waals surface area contributed by atoms with Gasteiger partial charge in [0.05, 0.1) is 17.3 Å². The van der Waals surface area contributed by atoms with Gasteiger partial charge in [0, 0.05) is 19.2 Å². The van der Waals surface area contributed by atoms with Crippen molar-refractivity contribution in [3.63, 3.8) is 0 Å². The number of ether oxygens (including phenoxy) is 2. The monoisotopic (exact) mass is 314 g/mol. The van der Waals surface area contributed by atoms with E-state index in [1.807, 2.05) is 6.07 Å². The van der Waals surface area contributed by atoms with Crippen molar-refractivity contribution in [2.45, 2.75) is 34.2 Å². The van der Waals surface area contributed by atoms with E-state index in [0.29, 0.717) is 42.5 Å². The van der Waals surface area contributed by atoms with Gasteiger partial charge in [0.25, 0.3) is 0 Å². The normalized spacial score (nSPS) is 11.4. The van der Waals surface area contributed by atoms with Gasteiger partial charge in [0.1, 0.15) is 6.61 Å². The summed E-state index contributed by atoms with van der Waals surface area (Å²) in [6.07, 6.45) is 0. The van der Waals surface area contributed by atoms with Crippen LogP contribution in [0.25, 0.3) is 0 Å². The Bertz CT molecular complexity index is 411. The van der Waals surface area contributed by atoms with E-state index in [1.54, 1.807) is 6.07 Å². The highest BCUT2D eigenvalue weighted by Gasteiger charge is 2.05. The van der Waals surface area contributed by atoms with Crippen LogP contribution in [0.3, 0.4) is 0 Å². The van der Waals surface area contributed by atoms with Crippen molar-refractivity contribution in [1.82, 2.24) is 10.3 Å². The van der Waals surface area contributed by atoms with Crippen LogP contribution in [0, 0.1) is 11.8 Å². The average Bonchev–Trinajstić information content (AvgIpc) is 2.41. The van der Waals surface area contributed by atoms with E-state index in [1.165, 1.54) is 0 Å². The molecule has 0 aliphatic heterocycles. The third-order valence-corrected chi connectivity index (χ3v) is 3.01. The van der Waals surface area contributed by atoms with Gasteiger partial charge in [-0.3, -0.25) is 0 Å². The molecule has 1 aromatic rings. The van der Waals surface area contributed by atoms with Crippen molar-refractivity contribution in [2.24, 2.45) is 11.8 Å². The second-order valence-corrected chi connectivity index (χ2v) is 6.33. The molecule has 0 saturated heterocycles. The molecule has 0 amide bonds. The molecular weight excluding hydrogens is 288 g/mol. The first-order valence-corrected chi connectivity index (χ1v) is 7.93. The minimum Gasteiger partial charge on any atom is -0.475 e. The second kappa shape index (κ2) is 9.98. The van der Waals surface area contributed by atoms with Crippen molar-refractivity contribution < 1.29 is 9.47 Å². The third-order valence-electron chi connectivity index (χ3n) is 2.67. The first kappa shape index (κ1) is 18.2. The molecule has 0 radical (unpaired) electrons. The number of nitrogens with one attached hydrogen (secondary N) is 1. The minimum atomic E-state index is 0.500. The predicted octanol–water partition coefficient (Wildman–Crippen LogP) is 3.53. The van der Waals surface area contributed by atoms with Crippen LogP contribution >= 0.6 is 11.6 Å². The van der Waals surface area contributed by atoms with E-state index in [9.17, 15) is 0 Å². The number of hydrogen-bond donors (Lipinski definition) is 1. The van der Waals surface area contributed by atoms with Crippen molar-refractivity contribution in [3.8, 4) is 5.88 Å². The van der Waals surface area contributed by atoms with Crippen LogP contribution < -0.4 is 10.1 Å². The molecule has 0 aliphatic rings. The number of rotatable bonds is 10. The summed E-state index contributed by atoms with van der Waals surface area (Å²) in [6, 6.07) is 3.61. The highest BCUT2D eigenvalue weighted by atomic mass is 35.5. The maximum absolute atomic E-state index is 6.15. The molecule has 0 fully saturated rings. The van der Waals surface area contributed by atoms with Gasteiger partial charge in [-0.05, 0) is 24.4 Å². The number of halogens is 1. The quantitative estimate of drug-likeness (QED) is 0.671. The Morgan fingerprint density at radius 1 is 1.14 bits per heavy atom. The highest BCUT2D eigenvalue weighted by Crippen LogP contribution is 2.18. The second-order valence-electron chi connectivity index (χ2n) is 5.92. The molecular formula is C16H27ClN2O2. The smallest absolute Gasteiger partial charge is 0.213 e. The molecule has 0 spiro atoms. The molecule has 5 heteroatoms. The number of hydrogen-bond acceptors (Lipinski definition) is 4. The van der Waals surface area contributed by atoms with Crippen LogP contribution in [0.15, 0.2) is 12.1 Å². The zero-order valence-corrected chi connectivity index (χ0v) is 14.2. The first-order valence-electron chi connectivity index (χ1n) is 7.55. The molecule has 0 aliphatic carbocycles. The minimum absolute atomic E-state index is 0.500. The molecule has 1 aromatic heterocycles. The van der Waals surface area contributed by atoms with E-state index in [0.717, 1.165) is 18.8 Å². The van der Waals surface area contributed by atoms with Gasteiger partial charge in [-0.1, -0.05) is 39.3 Å². The predicted molar refractivity (Wildman–Crippen MR) is 86.9 cm³/mol. The van der Waals surface area contributed by atoms with E-state index in [-0.39, 0.29) is 0 Å². The van der Waals surface area contributed by atoms with Crippen LogP contribution in [0.1, 0.15) is 33.4 Å². The van der Waals surface area contributed by atoms with Crippen LogP contribution in [-0.2, 0) is 11.3 Å². The van der Waals surface area contributed by atoms with Gasteiger partial charge in [0.15, 0.2) is 0 Å². The van der Waals surface area contributed by atoms with Crippen LogP contribution in [-0.4, -0.2) is 31.3 Å². The van der Waals surface area contributed by atoms with Gasteiger partial charge in [-0.15, -0.1) is 0 Å². The fourth-order valence-corrected chi connectivity index (χ4v) is 1.84. The average molecular weight is 315 g/mol. The Labute approximate surface area is 133 Å². The van der Waals surface area contributed by atoms with Gasteiger partial charge < -0.3 is 14.8 Å². The zero-order chi connectivity index (χ0) is 15.7. The van der Waals surface area contributed by atoms with Gasteiger partial charge in [-0.2, -0.15) is 0 Å². The Balaban J connectivity index is 2.38. The van der Waals surface area contributed by atoms with Crippen molar-refractivity contribution in [3.05, 3.63) is 22.8 Å². The summed E-state index contributed by atoms with van der Waals surface area (Å²) in [5.74, 6) is 1.73. The third kappa shape index (κ3) is 8.24. The number of nitrogens with zero attached hydrogens (tertiary/aromatic N) is 1. The van der Waals surface area contributed by atoms with Crippen molar-refractivity contribution >= 4 is 11.6 Å². The molecule has 0 unspecified atom stereocenters. The standard InChI is InChI=1S/C16H27ClN2O2/c1-12(2)9-18-10-15-14(17)5-6-16(19-15)21-8-7-20-11-13(3)4/h5-6,12-13,18H,7-11H2,1-4H3. The largest absolute Gasteiger partial charge is 0.475 e. The summed E-state index contributed by atoms with van der Waals surface area (Å²) in [4.78, 5) is 4.43.